The molecule has 110 valence electrons. The SMILES string of the molecule is COC(=O)c1c(-c2ccccc2)[nH]c2cc(Br)ccc2c1=O. The number of H-pyrrole nitrogens is 1. The molecule has 0 fully saturated rings. The summed E-state index contributed by atoms with van der Waals surface area (Å²) >= 11 is 3.39. The molecule has 0 radical (unpaired) electrons. The van der Waals surface area contributed by atoms with Crippen molar-refractivity contribution < 1.29 is 9.53 Å². The lowest BCUT2D eigenvalue weighted by Gasteiger charge is -2.10. The van der Waals surface area contributed by atoms with Gasteiger partial charge in [0.1, 0.15) is 5.56 Å². The number of hydrogen-bond donors (Lipinski definition) is 1. The summed E-state index contributed by atoms with van der Waals surface area (Å²) in [5.74, 6) is -0.648. The number of hydrogen-bond acceptors (Lipinski definition) is 3. The molecule has 2 aromatic carbocycles. The summed E-state index contributed by atoms with van der Waals surface area (Å²) in [7, 11) is 1.27. The van der Waals surface area contributed by atoms with E-state index in [2.05, 4.69) is 20.9 Å². The van der Waals surface area contributed by atoms with Gasteiger partial charge in [-0.15, -0.1) is 0 Å². The minimum atomic E-state index is -0.648. The number of rotatable bonds is 2. The van der Waals surface area contributed by atoms with E-state index in [0.29, 0.717) is 16.6 Å². The normalized spacial score (nSPS) is 10.6. The van der Waals surface area contributed by atoms with Gasteiger partial charge in [-0.3, -0.25) is 4.79 Å². The molecule has 0 aliphatic heterocycles. The Kier molecular flexibility index (Phi) is 3.81. The minimum Gasteiger partial charge on any atom is -0.465 e. The number of methoxy groups -OCH3 is 1. The molecular weight excluding hydrogens is 346 g/mol. The van der Waals surface area contributed by atoms with Gasteiger partial charge in [0.25, 0.3) is 0 Å². The van der Waals surface area contributed by atoms with Gasteiger partial charge in [-0.2, -0.15) is 0 Å². The first kappa shape index (κ1) is 14.5. The first-order chi connectivity index (χ1) is 10.6. The highest BCUT2D eigenvalue weighted by Crippen LogP contribution is 2.24. The number of benzene rings is 2. The summed E-state index contributed by atoms with van der Waals surface area (Å²) < 4.78 is 5.63. The Bertz CT molecular complexity index is 916. The Morgan fingerprint density at radius 3 is 2.55 bits per heavy atom. The number of carbonyl (C=O) groups is 1. The van der Waals surface area contributed by atoms with Crippen molar-refractivity contribution >= 4 is 32.8 Å². The number of pyridine rings is 1. The molecule has 0 spiro atoms. The molecule has 0 aliphatic rings. The summed E-state index contributed by atoms with van der Waals surface area (Å²) in [6.07, 6.45) is 0. The number of carbonyl (C=O) groups excluding carboxylic acids is 1. The van der Waals surface area contributed by atoms with Crippen LogP contribution in [0.15, 0.2) is 57.8 Å². The molecule has 1 N–H and O–H groups in total. The van der Waals surface area contributed by atoms with E-state index in [9.17, 15) is 9.59 Å². The van der Waals surface area contributed by atoms with E-state index in [0.717, 1.165) is 10.0 Å². The summed E-state index contributed by atoms with van der Waals surface area (Å²) in [6, 6.07) is 14.5. The number of aromatic amines is 1. The lowest BCUT2D eigenvalue weighted by Crippen LogP contribution is -2.19. The van der Waals surface area contributed by atoms with Crippen molar-refractivity contribution in [3.63, 3.8) is 0 Å². The molecule has 0 saturated heterocycles. The van der Waals surface area contributed by atoms with Crippen LogP contribution in [-0.2, 0) is 4.74 Å². The van der Waals surface area contributed by atoms with E-state index in [1.807, 2.05) is 36.4 Å². The highest BCUT2D eigenvalue weighted by atomic mass is 79.9. The first-order valence-electron chi connectivity index (χ1n) is 6.61. The Morgan fingerprint density at radius 1 is 1.14 bits per heavy atom. The maximum Gasteiger partial charge on any atom is 0.344 e. The van der Waals surface area contributed by atoms with E-state index in [1.165, 1.54) is 7.11 Å². The Labute approximate surface area is 134 Å². The zero-order valence-electron chi connectivity index (χ0n) is 11.7. The number of aromatic nitrogens is 1. The number of halogens is 1. The number of fused-ring (bicyclic) bond motifs is 1. The first-order valence-corrected chi connectivity index (χ1v) is 7.40. The second-order valence-electron chi connectivity index (χ2n) is 4.75. The van der Waals surface area contributed by atoms with Gasteiger partial charge >= 0.3 is 5.97 Å². The minimum absolute atomic E-state index is 0.0172. The molecule has 1 heterocycles. The number of nitrogens with one attached hydrogen (secondary N) is 1. The van der Waals surface area contributed by atoms with Gasteiger partial charge in [-0.1, -0.05) is 46.3 Å². The van der Waals surface area contributed by atoms with Crippen molar-refractivity contribution in [2.24, 2.45) is 0 Å². The lowest BCUT2D eigenvalue weighted by atomic mass is 10.0. The molecule has 0 saturated carbocycles. The fraction of sp³-hybridized carbons (Fsp3) is 0.0588. The van der Waals surface area contributed by atoms with Crippen LogP contribution < -0.4 is 5.43 Å². The van der Waals surface area contributed by atoms with Crippen LogP contribution in [0.3, 0.4) is 0 Å². The molecule has 0 amide bonds. The standard InChI is InChI=1S/C17H12BrNO3/c1-22-17(21)14-15(10-5-3-2-4-6-10)19-13-9-11(18)7-8-12(13)16(14)20/h2-9H,1H3,(H,19,20). The molecule has 3 aromatic rings. The van der Waals surface area contributed by atoms with Crippen LogP contribution in [0.5, 0.6) is 0 Å². The lowest BCUT2D eigenvalue weighted by molar-refractivity contribution is 0.0600. The molecule has 0 unspecified atom stereocenters. The van der Waals surface area contributed by atoms with Gasteiger partial charge in [0.15, 0.2) is 0 Å². The van der Waals surface area contributed by atoms with Gasteiger partial charge in [0.2, 0.25) is 5.43 Å². The topological polar surface area (TPSA) is 59.2 Å². The van der Waals surface area contributed by atoms with Crippen LogP contribution >= 0.6 is 15.9 Å². The fourth-order valence-electron chi connectivity index (χ4n) is 2.38. The van der Waals surface area contributed by atoms with Gasteiger partial charge in [0.05, 0.1) is 18.3 Å². The van der Waals surface area contributed by atoms with Crippen LogP contribution in [0.1, 0.15) is 10.4 Å². The smallest absolute Gasteiger partial charge is 0.344 e. The second kappa shape index (κ2) is 5.77. The maximum atomic E-state index is 12.7. The third-order valence-corrected chi connectivity index (χ3v) is 3.91. The summed E-state index contributed by atoms with van der Waals surface area (Å²) in [6.45, 7) is 0. The predicted molar refractivity (Wildman–Crippen MR) is 89.0 cm³/mol. The second-order valence-corrected chi connectivity index (χ2v) is 5.67. The van der Waals surface area contributed by atoms with Crippen molar-refractivity contribution in [3.8, 4) is 11.3 Å². The zero-order valence-corrected chi connectivity index (χ0v) is 13.3. The summed E-state index contributed by atoms with van der Waals surface area (Å²) in [4.78, 5) is 28.0. The predicted octanol–water partition coefficient (Wildman–Crippen LogP) is 3.74. The monoisotopic (exact) mass is 357 g/mol. The van der Waals surface area contributed by atoms with E-state index >= 15 is 0 Å². The Balaban J connectivity index is 2.43. The zero-order chi connectivity index (χ0) is 15.7. The molecule has 3 rings (SSSR count). The van der Waals surface area contributed by atoms with Crippen molar-refractivity contribution in [1.82, 2.24) is 4.98 Å². The molecule has 0 atom stereocenters. The molecule has 1 aromatic heterocycles. The van der Waals surface area contributed by atoms with Gasteiger partial charge in [0, 0.05) is 9.86 Å². The van der Waals surface area contributed by atoms with E-state index < -0.39 is 5.97 Å². The Morgan fingerprint density at radius 2 is 1.86 bits per heavy atom. The van der Waals surface area contributed by atoms with Gasteiger partial charge < -0.3 is 9.72 Å². The molecule has 0 bridgehead atoms. The average Bonchev–Trinajstić information content (AvgIpc) is 2.54. The highest BCUT2D eigenvalue weighted by molar-refractivity contribution is 9.10. The van der Waals surface area contributed by atoms with Crippen LogP contribution in [0.4, 0.5) is 0 Å². The Hall–Kier alpha value is -2.40. The van der Waals surface area contributed by atoms with E-state index in [4.69, 9.17) is 4.74 Å². The van der Waals surface area contributed by atoms with Crippen molar-refractivity contribution in [2.75, 3.05) is 7.11 Å². The third kappa shape index (κ3) is 2.44. The molecule has 22 heavy (non-hydrogen) atoms. The van der Waals surface area contributed by atoms with Crippen LogP contribution in [0, 0.1) is 0 Å². The molecular formula is C17H12BrNO3. The van der Waals surface area contributed by atoms with Crippen molar-refractivity contribution in [3.05, 3.63) is 68.8 Å². The quantitative estimate of drug-likeness (QED) is 0.710. The summed E-state index contributed by atoms with van der Waals surface area (Å²) in [5.41, 5.74) is 1.55. The van der Waals surface area contributed by atoms with Gasteiger partial charge in [-0.05, 0) is 23.8 Å². The van der Waals surface area contributed by atoms with Crippen molar-refractivity contribution in [2.45, 2.75) is 0 Å². The maximum absolute atomic E-state index is 12.7. The molecule has 4 nitrogen and oxygen atoms in total. The van der Waals surface area contributed by atoms with Crippen molar-refractivity contribution in [1.29, 1.82) is 0 Å². The average molecular weight is 358 g/mol. The van der Waals surface area contributed by atoms with Crippen LogP contribution in [-0.4, -0.2) is 18.1 Å². The highest BCUT2D eigenvalue weighted by Gasteiger charge is 2.20. The van der Waals surface area contributed by atoms with Crippen LogP contribution in [0.2, 0.25) is 0 Å². The third-order valence-electron chi connectivity index (χ3n) is 3.41. The number of esters is 1. The van der Waals surface area contributed by atoms with Crippen LogP contribution in [0.25, 0.3) is 22.2 Å². The molecule has 5 heteroatoms. The fourth-order valence-corrected chi connectivity index (χ4v) is 2.74. The molecule has 0 aliphatic carbocycles. The number of ether oxygens (including phenoxy) is 1. The van der Waals surface area contributed by atoms with E-state index in [1.54, 1.807) is 12.1 Å². The summed E-state index contributed by atoms with van der Waals surface area (Å²) in [5, 5.41) is 0.447. The largest absolute Gasteiger partial charge is 0.465 e. The van der Waals surface area contributed by atoms with Gasteiger partial charge in [-0.25, -0.2) is 4.79 Å². The van der Waals surface area contributed by atoms with E-state index in [-0.39, 0.29) is 11.0 Å².